The van der Waals surface area contributed by atoms with E-state index in [-0.39, 0.29) is 6.10 Å². The fraction of sp³-hybridized carbons (Fsp3) is 0.400. The number of nitrogens with zero attached hydrogens (tertiary/aromatic N) is 2. The van der Waals surface area contributed by atoms with Gasteiger partial charge in [0, 0.05) is 31.4 Å². The number of allylic oxidation sites excluding steroid dienone is 2. The smallest absolute Gasteiger partial charge is 0.203 e. The molecule has 0 radical (unpaired) electrons. The van der Waals surface area contributed by atoms with Gasteiger partial charge in [-0.25, -0.2) is 0 Å². The van der Waals surface area contributed by atoms with Crippen molar-refractivity contribution in [3.05, 3.63) is 78.1 Å². The molecule has 1 fully saturated rings. The van der Waals surface area contributed by atoms with Crippen molar-refractivity contribution in [1.29, 1.82) is 0 Å². The molecular weight excluding hydrogens is 574 g/mol. The predicted octanol–water partition coefficient (Wildman–Crippen LogP) is 5.35. The highest BCUT2D eigenvalue weighted by molar-refractivity contribution is 5.69. The van der Waals surface area contributed by atoms with Crippen molar-refractivity contribution in [3.8, 4) is 45.8 Å². The van der Waals surface area contributed by atoms with Gasteiger partial charge in [0.2, 0.25) is 11.5 Å². The largest absolute Gasteiger partial charge is 0.493 e. The summed E-state index contributed by atoms with van der Waals surface area (Å²) in [5.41, 5.74) is 3.33. The highest BCUT2D eigenvalue weighted by Crippen LogP contribution is 2.43. The van der Waals surface area contributed by atoms with Gasteiger partial charge in [0.15, 0.2) is 23.0 Å². The van der Waals surface area contributed by atoms with Crippen molar-refractivity contribution in [1.82, 2.24) is 15.2 Å². The van der Waals surface area contributed by atoms with E-state index in [9.17, 15) is 0 Å². The van der Waals surface area contributed by atoms with Crippen LogP contribution in [0.1, 0.15) is 24.0 Å². The second-order valence-corrected chi connectivity index (χ2v) is 11.0. The number of hydrogen-bond acceptors (Lipinski definition) is 10. The Hall–Kier alpha value is -4.41. The number of rotatable bonds is 13. The summed E-state index contributed by atoms with van der Waals surface area (Å²) in [6.45, 7) is 3.13. The predicted molar refractivity (Wildman–Crippen MR) is 173 cm³/mol. The van der Waals surface area contributed by atoms with Crippen LogP contribution in [0.3, 0.4) is 0 Å². The molecule has 0 bridgehead atoms. The Balaban J connectivity index is 1.23. The van der Waals surface area contributed by atoms with Gasteiger partial charge in [-0.1, -0.05) is 12.2 Å². The zero-order valence-corrected chi connectivity index (χ0v) is 26.9. The van der Waals surface area contributed by atoms with Crippen molar-refractivity contribution in [2.45, 2.75) is 31.1 Å². The third-order valence-electron chi connectivity index (χ3n) is 8.39. The number of aromatic nitrogens is 1. The fourth-order valence-electron chi connectivity index (χ4n) is 5.98. The number of nitrogens with one attached hydrogen (secondary N) is 1. The van der Waals surface area contributed by atoms with Crippen LogP contribution in [0.25, 0.3) is 11.3 Å². The van der Waals surface area contributed by atoms with Crippen molar-refractivity contribution in [3.63, 3.8) is 0 Å². The number of ether oxygens (including phenoxy) is 7. The minimum Gasteiger partial charge on any atom is -0.493 e. The number of dihydropyridines is 1. The van der Waals surface area contributed by atoms with Crippen LogP contribution >= 0.6 is 0 Å². The molecular formula is C35H43N3O7. The Kier molecular flexibility index (Phi) is 10.4. The van der Waals surface area contributed by atoms with Gasteiger partial charge in [0.05, 0.1) is 66.6 Å². The molecule has 0 saturated carbocycles. The lowest BCUT2D eigenvalue weighted by molar-refractivity contribution is -0.00578. The summed E-state index contributed by atoms with van der Waals surface area (Å²) in [5.74, 6) is 3.57. The summed E-state index contributed by atoms with van der Waals surface area (Å²) in [5, 5.41) is 3.61. The zero-order valence-electron chi connectivity index (χ0n) is 26.9. The maximum absolute atomic E-state index is 6.41. The zero-order chi connectivity index (χ0) is 31.8. The van der Waals surface area contributed by atoms with Gasteiger partial charge >= 0.3 is 0 Å². The van der Waals surface area contributed by atoms with E-state index in [1.807, 2.05) is 54.9 Å². The lowest BCUT2D eigenvalue weighted by Crippen LogP contribution is -2.51. The van der Waals surface area contributed by atoms with Crippen LogP contribution in [-0.4, -0.2) is 78.3 Å². The van der Waals surface area contributed by atoms with E-state index in [2.05, 4.69) is 27.4 Å². The summed E-state index contributed by atoms with van der Waals surface area (Å²) < 4.78 is 39.8. The Morgan fingerprint density at radius 1 is 0.778 bits per heavy atom. The lowest BCUT2D eigenvalue weighted by Gasteiger charge is -2.41. The number of pyridine rings is 1. The maximum Gasteiger partial charge on any atom is 0.203 e. The van der Waals surface area contributed by atoms with Gasteiger partial charge < -0.3 is 43.4 Å². The van der Waals surface area contributed by atoms with Crippen LogP contribution in [0.2, 0.25) is 0 Å². The van der Waals surface area contributed by atoms with E-state index >= 15 is 0 Å². The number of methoxy groups -OCH3 is 6. The van der Waals surface area contributed by atoms with Crippen molar-refractivity contribution < 1.29 is 33.2 Å². The van der Waals surface area contributed by atoms with Gasteiger partial charge in [-0.2, -0.15) is 0 Å². The quantitative estimate of drug-likeness (QED) is 0.271. The second-order valence-electron chi connectivity index (χ2n) is 11.0. The van der Waals surface area contributed by atoms with E-state index in [1.165, 1.54) is 0 Å². The van der Waals surface area contributed by atoms with Gasteiger partial charge in [0.25, 0.3) is 0 Å². The van der Waals surface area contributed by atoms with Crippen LogP contribution in [0.15, 0.2) is 67.0 Å². The summed E-state index contributed by atoms with van der Waals surface area (Å²) in [6, 6.07) is 11.9. The number of benzene rings is 2. The molecule has 1 unspecified atom stereocenters. The Labute approximate surface area is 265 Å². The van der Waals surface area contributed by atoms with E-state index < -0.39 is 5.54 Å². The monoisotopic (exact) mass is 617 g/mol. The molecule has 10 nitrogen and oxygen atoms in total. The van der Waals surface area contributed by atoms with Crippen molar-refractivity contribution in [2.24, 2.45) is 0 Å². The molecule has 1 atom stereocenters. The standard InChI is InChI=1S/C35H43N3O7/c1-39-29-18-25(19-30(40-2)33(29)43-5)28-17-24(9-14-36-28)22-45-27-10-15-38(16-11-27)23-35(12-7-8-13-37-35)26-20-31(41-3)34(44-6)32(21-26)42-4/h7-9,12-14,17-21,27,37H,10-11,15-16,22-23H2,1-6H3. The molecule has 3 aromatic rings. The summed E-state index contributed by atoms with van der Waals surface area (Å²) >= 11 is 0. The van der Waals surface area contributed by atoms with Crippen molar-refractivity contribution in [2.75, 3.05) is 62.3 Å². The van der Waals surface area contributed by atoms with E-state index in [0.29, 0.717) is 41.1 Å². The van der Waals surface area contributed by atoms with Crippen LogP contribution < -0.4 is 33.7 Å². The first-order chi connectivity index (χ1) is 22.0. The molecule has 1 saturated heterocycles. The summed E-state index contributed by atoms with van der Waals surface area (Å²) in [7, 11) is 9.71. The average molecular weight is 618 g/mol. The lowest BCUT2D eigenvalue weighted by atomic mass is 9.86. The molecule has 2 aliphatic heterocycles. The number of hydrogen-bond donors (Lipinski definition) is 1. The highest BCUT2D eigenvalue weighted by atomic mass is 16.5. The Morgan fingerprint density at radius 3 is 1.91 bits per heavy atom. The van der Waals surface area contributed by atoms with Gasteiger partial charge in [0.1, 0.15) is 0 Å². The van der Waals surface area contributed by atoms with E-state index in [0.717, 1.165) is 54.9 Å². The fourth-order valence-corrected chi connectivity index (χ4v) is 5.98. The molecule has 1 aromatic heterocycles. The van der Waals surface area contributed by atoms with Crippen LogP contribution in [0.5, 0.6) is 34.5 Å². The molecule has 0 amide bonds. The molecule has 2 aliphatic rings. The molecule has 0 spiro atoms. The van der Waals surface area contributed by atoms with Crippen LogP contribution in [0.4, 0.5) is 0 Å². The molecule has 5 rings (SSSR count). The molecule has 10 heteroatoms. The average Bonchev–Trinajstić information content (AvgIpc) is 3.10. The topological polar surface area (TPSA) is 92.8 Å². The molecule has 240 valence electrons. The SMILES string of the molecule is COc1cc(-c2cc(COC3CCN(CC4(c5cc(OC)c(OC)c(OC)c5)C=CC=CN4)CC3)ccn2)cc(OC)c1OC. The summed E-state index contributed by atoms with van der Waals surface area (Å²) in [6.07, 6.45) is 12.1. The highest BCUT2D eigenvalue weighted by Gasteiger charge is 2.35. The normalized spacial score (nSPS) is 18.3. The van der Waals surface area contributed by atoms with Gasteiger partial charge in [-0.15, -0.1) is 0 Å². The minimum absolute atomic E-state index is 0.172. The maximum atomic E-state index is 6.41. The first-order valence-electron chi connectivity index (χ1n) is 15.0. The Morgan fingerprint density at radius 2 is 1.38 bits per heavy atom. The minimum atomic E-state index is -0.449. The first kappa shape index (κ1) is 32.0. The summed E-state index contributed by atoms with van der Waals surface area (Å²) in [4.78, 5) is 7.07. The first-order valence-corrected chi connectivity index (χ1v) is 15.0. The molecule has 0 aliphatic carbocycles. The number of piperidine rings is 1. The van der Waals surface area contributed by atoms with Crippen molar-refractivity contribution >= 4 is 0 Å². The molecule has 45 heavy (non-hydrogen) atoms. The van der Waals surface area contributed by atoms with E-state index in [1.54, 1.807) is 42.7 Å². The molecule has 3 heterocycles. The second kappa shape index (κ2) is 14.6. The van der Waals surface area contributed by atoms with Crippen LogP contribution in [-0.2, 0) is 16.9 Å². The van der Waals surface area contributed by atoms with Gasteiger partial charge in [-0.05, 0) is 72.6 Å². The Bertz CT molecular complexity index is 1470. The molecule has 1 N–H and O–H groups in total. The third kappa shape index (κ3) is 6.97. The third-order valence-corrected chi connectivity index (χ3v) is 8.39. The number of likely N-dealkylation sites (tertiary alicyclic amines) is 1. The van der Waals surface area contributed by atoms with Gasteiger partial charge in [-0.3, -0.25) is 4.98 Å². The van der Waals surface area contributed by atoms with E-state index in [4.69, 9.17) is 33.2 Å². The van der Waals surface area contributed by atoms with Crippen LogP contribution in [0, 0.1) is 0 Å². The molecule has 2 aromatic carbocycles.